The van der Waals surface area contributed by atoms with Crippen LogP contribution in [0.2, 0.25) is 5.15 Å². The van der Waals surface area contributed by atoms with Gasteiger partial charge in [0.15, 0.2) is 0 Å². The molecule has 1 saturated carbocycles. The Bertz CT molecular complexity index is 455. The van der Waals surface area contributed by atoms with Crippen molar-refractivity contribution in [2.45, 2.75) is 45.4 Å². The highest BCUT2D eigenvalue weighted by molar-refractivity contribution is 6.29. The molecule has 1 aromatic rings. The van der Waals surface area contributed by atoms with E-state index in [2.05, 4.69) is 4.98 Å². The quantitative estimate of drug-likeness (QED) is 0.600. The first-order valence-electron chi connectivity index (χ1n) is 6.91. The number of aromatic nitrogens is 1. The van der Waals surface area contributed by atoms with Crippen LogP contribution < -0.4 is 0 Å². The highest BCUT2D eigenvalue weighted by Crippen LogP contribution is 2.29. The molecule has 0 aromatic carbocycles. The average molecular weight is 282 g/mol. The smallest absolute Gasteiger partial charge is 0.338 e. The van der Waals surface area contributed by atoms with E-state index < -0.39 is 0 Å². The van der Waals surface area contributed by atoms with Gasteiger partial charge in [0.2, 0.25) is 0 Å². The van der Waals surface area contributed by atoms with Crippen LogP contribution >= 0.6 is 11.6 Å². The highest BCUT2D eigenvalue weighted by atomic mass is 35.5. The Kier molecular flexibility index (Phi) is 4.81. The second kappa shape index (κ2) is 6.38. The number of carbonyl (C=O) groups is 1. The Morgan fingerprint density at radius 3 is 2.79 bits per heavy atom. The van der Waals surface area contributed by atoms with E-state index in [1.54, 1.807) is 12.1 Å². The molecule has 1 fully saturated rings. The summed E-state index contributed by atoms with van der Waals surface area (Å²) in [7, 11) is 0. The lowest BCUT2D eigenvalue weighted by Crippen LogP contribution is -2.15. The van der Waals surface area contributed by atoms with Gasteiger partial charge in [-0.25, -0.2) is 9.78 Å². The van der Waals surface area contributed by atoms with Gasteiger partial charge in [0.25, 0.3) is 0 Å². The third kappa shape index (κ3) is 3.93. The van der Waals surface area contributed by atoms with Crippen molar-refractivity contribution in [3.8, 4) is 0 Å². The Morgan fingerprint density at radius 1 is 1.47 bits per heavy atom. The molecule has 0 bridgehead atoms. The zero-order valence-corrected chi connectivity index (χ0v) is 12.2. The van der Waals surface area contributed by atoms with Crippen molar-refractivity contribution in [2.24, 2.45) is 5.92 Å². The molecular weight excluding hydrogens is 262 g/mol. The summed E-state index contributed by atoms with van der Waals surface area (Å²) in [5.74, 6) is 0.686. The van der Waals surface area contributed by atoms with Crippen molar-refractivity contribution in [3.63, 3.8) is 0 Å². The zero-order chi connectivity index (χ0) is 13.8. The molecular formula is C15H20ClNO2. The number of ether oxygens (including phenoxy) is 1. The molecule has 0 atom stereocenters. The first kappa shape index (κ1) is 14.3. The van der Waals surface area contributed by atoms with Crippen LogP contribution in [-0.2, 0) is 4.74 Å². The maximum atomic E-state index is 12.0. The molecule has 0 spiro atoms. The SMILES string of the molecule is CC(C)c1cc(C(=O)OCCC2CCC2)cc(Cl)n1. The summed E-state index contributed by atoms with van der Waals surface area (Å²) in [5.41, 5.74) is 1.32. The largest absolute Gasteiger partial charge is 0.462 e. The summed E-state index contributed by atoms with van der Waals surface area (Å²) in [6.45, 7) is 4.54. The van der Waals surface area contributed by atoms with Crippen molar-refractivity contribution in [2.75, 3.05) is 6.61 Å². The molecule has 3 nitrogen and oxygen atoms in total. The van der Waals surface area contributed by atoms with E-state index in [4.69, 9.17) is 16.3 Å². The number of carbonyl (C=O) groups excluding carboxylic acids is 1. The van der Waals surface area contributed by atoms with Crippen LogP contribution in [0.15, 0.2) is 12.1 Å². The number of esters is 1. The Hall–Kier alpha value is -1.09. The predicted molar refractivity (Wildman–Crippen MR) is 75.6 cm³/mol. The molecule has 0 unspecified atom stereocenters. The van der Waals surface area contributed by atoms with Crippen LogP contribution in [0.1, 0.15) is 61.5 Å². The molecule has 19 heavy (non-hydrogen) atoms. The molecule has 1 aliphatic carbocycles. The van der Waals surface area contributed by atoms with Gasteiger partial charge in [-0.2, -0.15) is 0 Å². The van der Waals surface area contributed by atoms with E-state index >= 15 is 0 Å². The first-order valence-corrected chi connectivity index (χ1v) is 7.28. The van der Waals surface area contributed by atoms with E-state index in [0.717, 1.165) is 18.0 Å². The second-order valence-corrected chi connectivity index (χ2v) is 5.87. The Balaban J connectivity index is 1.93. The minimum Gasteiger partial charge on any atom is -0.462 e. The summed E-state index contributed by atoms with van der Waals surface area (Å²) < 4.78 is 5.30. The third-order valence-corrected chi connectivity index (χ3v) is 3.82. The summed E-state index contributed by atoms with van der Waals surface area (Å²) in [4.78, 5) is 16.2. The lowest BCUT2D eigenvalue weighted by atomic mass is 9.83. The fourth-order valence-corrected chi connectivity index (χ4v) is 2.33. The minimum atomic E-state index is -0.300. The molecule has 0 saturated heterocycles. The molecule has 1 aromatic heterocycles. The fraction of sp³-hybridized carbons (Fsp3) is 0.600. The van der Waals surface area contributed by atoms with E-state index in [1.165, 1.54) is 19.3 Å². The van der Waals surface area contributed by atoms with E-state index in [1.807, 2.05) is 13.8 Å². The maximum absolute atomic E-state index is 12.0. The molecule has 0 amide bonds. The summed E-state index contributed by atoms with van der Waals surface area (Å²) in [6.07, 6.45) is 4.84. The predicted octanol–water partition coefficient (Wildman–Crippen LogP) is 4.21. The van der Waals surface area contributed by atoms with E-state index in [0.29, 0.717) is 17.3 Å². The van der Waals surface area contributed by atoms with Crippen molar-refractivity contribution in [1.82, 2.24) is 4.98 Å². The van der Waals surface area contributed by atoms with Crippen LogP contribution in [0.5, 0.6) is 0 Å². The maximum Gasteiger partial charge on any atom is 0.338 e. The first-order chi connectivity index (χ1) is 9.06. The molecule has 0 aliphatic heterocycles. The second-order valence-electron chi connectivity index (χ2n) is 5.48. The van der Waals surface area contributed by atoms with Crippen molar-refractivity contribution < 1.29 is 9.53 Å². The number of hydrogen-bond acceptors (Lipinski definition) is 3. The minimum absolute atomic E-state index is 0.236. The van der Waals surface area contributed by atoms with Gasteiger partial charge >= 0.3 is 5.97 Å². The fourth-order valence-electron chi connectivity index (χ4n) is 2.11. The zero-order valence-electron chi connectivity index (χ0n) is 11.5. The van der Waals surface area contributed by atoms with Crippen LogP contribution in [0.25, 0.3) is 0 Å². The molecule has 104 valence electrons. The molecule has 4 heteroatoms. The summed E-state index contributed by atoms with van der Waals surface area (Å²) in [5, 5.41) is 0.345. The van der Waals surface area contributed by atoms with Gasteiger partial charge in [-0.05, 0) is 30.4 Å². The van der Waals surface area contributed by atoms with Crippen LogP contribution in [0, 0.1) is 5.92 Å². The molecule has 1 heterocycles. The van der Waals surface area contributed by atoms with Gasteiger partial charge in [-0.1, -0.05) is 44.7 Å². The molecule has 0 radical (unpaired) electrons. The number of nitrogens with zero attached hydrogens (tertiary/aromatic N) is 1. The normalized spacial score (nSPS) is 15.4. The monoisotopic (exact) mass is 281 g/mol. The Morgan fingerprint density at radius 2 is 2.21 bits per heavy atom. The van der Waals surface area contributed by atoms with Crippen molar-refractivity contribution in [1.29, 1.82) is 0 Å². The number of rotatable bonds is 5. The standard InChI is InChI=1S/C15H20ClNO2/c1-10(2)13-8-12(9-14(16)17-13)15(18)19-7-6-11-4-3-5-11/h8-11H,3-7H2,1-2H3. The number of pyridine rings is 1. The molecule has 0 N–H and O–H groups in total. The summed E-state index contributed by atoms with van der Waals surface area (Å²) in [6, 6.07) is 3.33. The van der Waals surface area contributed by atoms with Gasteiger partial charge in [0.05, 0.1) is 12.2 Å². The third-order valence-electron chi connectivity index (χ3n) is 3.63. The van der Waals surface area contributed by atoms with Crippen LogP contribution in [0.3, 0.4) is 0 Å². The topological polar surface area (TPSA) is 39.2 Å². The van der Waals surface area contributed by atoms with Gasteiger partial charge in [0.1, 0.15) is 5.15 Å². The van der Waals surface area contributed by atoms with Gasteiger partial charge < -0.3 is 4.74 Å². The molecule has 2 rings (SSSR count). The average Bonchev–Trinajstić information content (AvgIpc) is 2.31. The summed E-state index contributed by atoms with van der Waals surface area (Å²) >= 11 is 5.94. The molecule has 1 aliphatic rings. The van der Waals surface area contributed by atoms with Crippen molar-refractivity contribution in [3.05, 3.63) is 28.5 Å². The van der Waals surface area contributed by atoms with Crippen LogP contribution in [0.4, 0.5) is 0 Å². The van der Waals surface area contributed by atoms with Gasteiger partial charge in [-0.3, -0.25) is 0 Å². The van der Waals surface area contributed by atoms with E-state index in [-0.39, 0.29) is 11.9 Å². The van der Waals surface area contributed by atoms with Gasteiger partial charge in [-0.15, -0.1) is 0 Å². The van der Waals surface area contributed by atoms with E-state index in [9.17, 15) is 4.79 Å². The number of hydrogen-bond donors (Lipinski definition) is 0. The van der Waals surface area contributed by atoms with Crippen LogP contribution in [-0.4, -0.2) is 17.6 Å². The number of halogens is 1. The Labute approximate surface area is 119 Å². The highest BCUT2D eigenvalue weighted by Gasteiger charge is 2.18. The van der Waals surface area contributed by atoms with Crippen molar-refractivity contribution >= 4 is 17.6 Å². The lowest BCUT2D eigenvalue weighted by molar-refractivity contribution is 0.0464. The van der Waals surface area contributed by atoms with Gasteiger partial charge in [0, 0.05) is 5.69 Å². The lowest BCUT2D eigenvalue weighted by Gasteiger charge is -2.24.